The Morgan fingerprint density at radius 2 is 1.86 bits per heavy atom. The molecule has 2 amide bonds. The van der Waals surface area contributed by atoms with Crippen LogP contribution in [0.4, 0.5) is 0 Å². The first-order valence-corrected chi connectivity index (χ1v) is 9.84. The van der Waals surface area contributed by atoms with Gasteiger partial charge in [0, 0.05) is 11.4 Å². The Labute approximate surface area is 164 Å². The molecular formula is C21H27N3O4. The maximum Gasteiger partial charge on any atom is 0.268 e. The van der Waals surface area contributed by atoms with Crippen molar-refractivity contribution in [3.05, 3.63) is 23.9 Å². The third kappa shape index (κ3) is 2.99. The van der Waals surface area contributed by atoms with Gasteiger partial charge in [-0.2, -0.15) is 0 Å². The molecule has 0 saturated heterocycles. The van der Waals surface area contributed by atoms with Crippen molar-refractivity contribution in [1.29, 1.82) is 0 Å². The van der Waals surface area contributed by atoms with E-state index in [9.17, 15) is 9.59 Å². The van der Waals surface area contributed by atoms with Crippen LogP contribution in [0.25, 0.3) is 10.9 Å². The van der Waals surface area contributed by atoms with Crippen LogP contribution < -0.4 is 20.1 Å². The van der Waals surface area contributed by atoms with Crippen LogP contribution in [0.5, 0.6) is 11.5 Å². The number of carbonyl (C=O) groups excluding carboxylic acids is 2. The number of benzene rings is 1. The number of ether oxygens (including phenoxy) is 2. The van der Waals surface area contributed by atoms with E-state index in [4.69, 9.17) is 9.47 Å². The Bertz CT molecular complexity index is 929. The minimum absolute atomic E-state index is 0.137. The van der Waals surface area contributed by atoms with E-state index in [1.165, 1.54) is 6.42 Å². The number of nitrogens with one attached hydrogen (secondary N) is 2. The van der Waals surface area contributed by atoms with Crippen molar-refractivity contribution < 1.29 is 19.1 Å². The number of aromatic nitrogens is 1. The van der Waals surface area contributed by atoms with Crippen molar-refractivity contribution in [2.75, 3.05) is 14.2 Å². The molecule has 4 rings (SSSR count). The standard InChI is InChI=1S/C21H27N3O4/c1-21(20(26)22-13-7-5-4-6-8-13)12-24-15(19(25)23-21)11-14-16(27-2)9-10-17(28-3)18(14)24/h9-11,13H,4-8,12H2,1-3H3,(H,22,26)(H,23,25). The summed E-state index contributed by atoms with van der Waals surface area (Å²) in [6.45, 7) is 2.12. The topological polar surface area (TPSA) is 81.6 Å². The smallest absolute Gasteiger partial charge is 0.268 e. The van der Waals surface area contributed by atoms with E-state index >= 15 is 0 Å². The average molecular weight is 385 g/mol. The van der Waals surface area contributed by atoms with Crippen molar-refractivity contribution >= 4 is 22.7 Å². The van der Waals surface area contributed by atoms with Crippen LogP contribution in [0.15, 0.2) is 18.2 Å². The van der Waals surface area contributed by atoms with Gasteiger partial charge in [0.15, 0.2) is 0 Å². The van der Waals surface area contributed by atoms with Gasteiger partial charge in [0.25, 0.3) is 5.91 Å². The quantitative estimate of drug-likeness (QED) is 0.848. The molecule has 1 unspecified atom stereocenters. The summed E-state index contributed by atoms with van der Waals surface area (Å²) in [5.41, 5.74) is 0.241. The number of amides is 2. The molecule has 1 aromatic carbocycles. The summed E-state index contributed by atoms with van der Waals surface area (Å²) in [5.74, 6) is 0.903. The monoisotopic (exact) mass is 385 g/mol. The highest BCUT2D eigenvalue weighted by molar-refractivity contribution is 6.05. The van der Waals surface area contributed by atoms with E-state index < -0.39 is 5.54 Å². The molecule has 1 saturated carbocycles. The van der Waals surface area contributed by atoms with Crippen LogP contribution in [-0.4, -0.2) is 42.2 Å². The number of hydrogen-bond acceptors (Lipinski definition) is 4. The molecule has 150 valence electrons. The fourth-order valence-corrected chi connectivity index (χ4v) is 4.41. The summed E-state index contributed by atoms with van der Waals surface area (Å²) in [6, 6.07) is 5.62. The Kier molecular flexibility index (Phi) is 4.69. The summed E-state index contributed by atoms with van der Waals surface area (Å²) in [4.78, 5) is 26.0. The van der Waals surface area contributed by atoms with Gasteiger partial charge in [-0.25, -0.2) is 0 Å². The first-order valence-electron chi connectivity index (χ1n) is 9.84. The van der Waals surface area contributed by atoms with Crippen molar-refractivity contribution in [2.45, 2.75) is 57.2 Å². The van der Waals surface area contributed by atoms with Crippen molar-refractivity contribution in [1.82, 2.24) is 15.2 Å². The molecule has 2 aromatic rings. The van der Waals surface area contributed by atoms with Gasteiger partial charge in [-0.3, -0.25) is 9.59 Å². The minimum Gasteiger partial charge on any atom is -0.496 e. The average Bonchev–Trinajstić information content (AvgIpc) is 3.08. The molecule has 0 radical (unpaired) electrons. The van der Waals surface area contributed by atoms with Crippen LogP contribution in [0.3, 0.4) is 0 Å². The SMILES string of the molecule is COc1ccc(OC)c2c1cc1n2CC(C)(C(=O)NC2CCCCC2)NC1=O. The fraction of sp³-hybridized carbons (Fsp3) is 0.524. The zero-order chi connectivity index (χ0) is 19.9. The number of rotatable bonds is 4. The van der Waals surface area contributed by atoms with Crippen LogP contribution in [0.2, 0.25) is 0 Å². The molecule has 1 fully saturated rings. The molecule has 2 heterocycles. The molecule has 1 aliphatic carbocycles. The maximum absolute atomic E-state index is 13.1. The van der Waals surface area contributed by atoms with Gasteiger partial charge in [0.05, 0.1) is 26.3 Å². The van der Waals surface area contributed by atoms with Gasteiger partial charge >= 0.3 is 0 Å². The summed E-state index contributed by atoms with van der Waals surface area (Å²) in [7, 11) is 3.19. The first-order chi connectivity index (χ1) is 13.5. The van der Waals surface area contributed by atoms with E-state index in [0.29, 0.717) is 23.7 Å². The van der Waals surface area contributed by atoms with Gasteiger partial charge < -0.3 is 24.7 Å². The second-order valence-corrected chi connectivity index (χ2v) is 7.94. The zero-order valence-corrected chi connectivity index (χ0v) is 16.6. The van der Waals surface area contributed by atoms with Crippen molar-refractivity contribution in [2.24, 2.45) is 0 Å². The lowest BCUT2D eigenvalue weighted by Gasteiger charge is -2.36. The third-order valence-electron chi connectivity index (χ3n) is 5.96. The maximum atomic E-state index is 13.1. The Balaban J connectivity index is 1.72. The molecule has 7 heteroatoms. The molecule has 2 N–H and O–H groups in total. The Morgan fingerprint density at radius 3 is 2.54 bits per heavy atom. The predicted octanol–water partition coefficient (Wildman–Crippen LogP) is 2.61. The van der Waals surface area contributed by atoms with Gasteiger partial charge in [-0.1, -0.05) is 19.3 Å². The molecule has 1 atom stereocenters. The van der Waals surface area contributed by atoms with Crippen molar-refractivity contribution in [3.63, 3.8) is 0 Å². The molecule has 7 nitrogen and oxygen atoms in total. The van der Waals surface area contributed by atoms with Crippen LogP contribution in [-0.2, 0) is 11.3 Å². The van der Waals surface area contributed by atoms with Gasteiger partial charge in [-0.15, -0.1) is 0 Å². The van der Waals surface area contributed by atoms with Gasteiger partial charge in [0.2, 0.25) is 5.91 Å². The minimum atomic E-state index is -1.03. The van der Waals surface area contributed by atoms with Crippen LogP contribution in [0.1, 0.15) is 49.5 Å². The second kappa shape index (κ2) is 7.04. The van der Waals surface area contributed by atoms with Gasteiger partial charge in [-0.05, 0) is 38.0 Å². The summed E-state index contributed by atoms with van der Waals surface area (Å²) in [6.07, 6.45) is 5.49. The number of fused-ring (bicyclic) bond motifs is 3. The largest absolute Gasteiger partial charge is 0.496 e. The lowest BCUT2D eigenvalue weighted by atomic mass is 9.93. The molecule has 28 heavy (non-hydrogen) atoms. The lowest BCUT2D eigenvalue weighted by Crippen LogP contribution is -2.63. The molecule has 0 bridgehead atoms. The fourth-order valence-electron chi connectivity index (χ4n) is 4.41. The molecule has 0 spiro atoms. The van der Waals surface area contributed by atoms with Crippen molar-refractivity contribution in [3.8, 4) is 11.5 Å². The van der Waals surface area contributed by atoms with Crippen LogP contribution in [0, 0.1) is 0 Å². The first kappa shape index (κ1) is 18.7. The number of hydrogen-bond donors (Lipinski definition) is 2. The highest BCUT2D eigenvalue weighted by atomic mass is 16.5. The van der Waals surface area contributed by atoms with E-state index in [1.54, 1.807) is 27.2 Å². The number of methoxy groups -OCH3 is 2. The van der Waals surface area contributed by atoms with Gasteiger partial charge in [0.1, 0.15) is 22.7 Å². The van der Waals surface area contributed by atoms with E-state index in [2.05, 4.69) is 10.6 Å². The highest BCUT2D eigenvalue weighted by Crippen LogP contribution is 2.38. The molecule has 2 aliphatic rings. The zero-order valence-electron chi connectivity index (χ0n) is 16.6. The summed E-state index contributed by atoms with van der Waals surface area (Å²) in [5, 5.41) is 6.87. The summed E-state index contributed by atoms with van der Waals surface area (Å²) < 4.78 is 12.9. The normalized spacial score (nSPS) is 22.5. The van der Waals surface area contributed by atoms with Crippen LogP contribution >= 0.6 is 0 Å². The Hall–Kier alpha value is -2.70. The van der Waals surface area contributed by atoms with E-state index in [0.717, 1.165) is 36.6 Å². The highest BCUT2D eigenvalue weighted by Gasteiger charge is 2.42. The Morgan fingerprint density at radius 1 is 1.18 bits per heavy atom. The predicted molar refractivity (Wildman–Crippen MR) is 106 cm³/mol. The molecular weight excluding hydrogens is 358 g/mol. The second-order valence-electron chi connectivity index (χ2n) is 7.94. The lowest BCUT2D eigenvalue weighted by molar-refractivity contribution is -0.128. The third-order valence-corrected chi connectivity index (χ3v) is 5.96. The van der Waals surface area contributed by atoms with E-state index in [-0.39, 0.29) is 17.9 Å². The number of carbonyl (C=O) groups is 2. The molecule has 1 aromatic heterocycles. The van der Waals surface area contributed by atoms with E-state index in [1.807, 2.05) is 16.7 Å². The number of nitrogens with zero attached hydrogens (tertiary/aromatic N) is 1. The summed E-state index contributed by atoms with van der Waals surface area (Å²) >= 11 is 0. The molecule has 1 aliphatic heterocycles.